The average molecular weight is 499 g/mol. The number of nitro groups is 1. The van der Waals surface area contributed by atoms with E-state index in [1.54, 1.807) is 25.1 Å². The summed E-state index contributed by atoms with van der Waals surface area (Å²) in [6, 6.07) is 3.89. The van der Waals surface area contributed by atoms with Crippen LogP contribution >= 0.6 is 0 Å². The SMILES string of the molecule is C/C=C\C(=O)N(C(=O)[C@@H](N)Cc1ccc([N+](=O)[O-])cc1)C(C(=O)NC1CCCCC1)C1CCCCC1. The van der Waals surface area contributed by atoms with Crippen LogP contribution in [0.2, 0.25) is 0 Å². The van der Waals surface area contributed by atoms with E-state index in [4.69, 9.17) is 5.73 Å². The van der Waals surface area contributed by atoms with Crippen LogP contribution < -0.4 is 11.1 Å². The normalized spacial score (nSPS) is 18.9. The minimum Gasteiger partial charge on any atom is -0.352 e. The van der Waals surface area contributed by atoms with Gasteiger partial charge in [-0.05, 0) is 56.6 Å². The number of nitrogens with one attached hydrogen (secondary N) is 1. The number of hydrogen-bond donors (Lipinski definition) is 2. The maximum atomic E-state index is 13.7. The molecule has 2 saturated carbocycles. The second kappa shape index (κ2) is 13.3. The van der Waals surface area contributed by atoms with E-state index in [9.17, 15) is 24.5 Å². The lowest BCUT2D eigenvalue weighted by Gasteiger charge is -2.38. The largest absolute Gasteiger partial charge is 0.352 e. The van der Waals surface area contributed by atoms with Crippen molar-refractivity contribution in [3.8, 4) is 0 Å². The highest BCUT2D eigenvalue weighted by Gasteiger charge is 2.41. The molecule has 0 saturated heterocycles. The van der Waals surface area contributed by atoms with E-state index in [1.807, 2.05) is 0 Å². The number of carbonyl (C=O) groups is 3. The number of rotatable bonds is 9. The Balaban J connectivity index is 1.86. The van der Waals surface area contributed by atoms with E-state index in [-0.39, 0.29) is 30.0 Å². The first kappa shape index (κ1) is 27.5. The molecule has 0 spiro atoms. The molecule has 3 amide bonds. The summed E-state index contributed by atoms with van der Waals surface area (Å²) in [6.45, 7) is 1.69. The Morgan fingerprint density at radius 2 is 1.64 bits per heavy atom. The number of nitrogens with zero attached hydrogens (tertiary/aromatic N) is 2. The van der Waals surface area contributed by atoms with Gasteiger partial charge in [0.25, 0.3) is 11.6 Å². The van der Waals surface area contributed by atoms with Gasteiger partial charge in [0.1, 0.15) is 6.04 Å². The molecular formula is C27H38N4O5. The fraction of sp³-hybridized carbons (Fsp3) is 0.593. The van der Waals surface area contributed by atoms with Gasteiger partial charge >= 0.3 is 0 Å². The van der Waals surface area contributed by atoms with Gasteiger partial charge in [0.2, 0.25) is 11.8 Å². The average Bonchev–Trinajstić information content (AvgIpc) is 2.88. The molecule has 2 atom stereocenters. The molecule has 196 valence electrons. The number of nitrogens with two attached hydrogens (primary N) is 1. The van der Waals surface area contributed by atoms with E-state index in [1.165, 1.54) is 18.2 Å². The summed E-state index contributed by atoms with van der Waals surface area (Å²) in [5, 5.41) is 14.1. The van der Waals surface area contributed by atoms with E-state index in [2.05, 4.69) is 5.32 Å². The van der Waals surface area contributed by atoms with Gasteiger partial charge in [-0.2, -0.15) is 0 Å². The molecule has 9 nitrogen and oxygen atoms in total. The zero-order valence-corrected chi connectivity index (χ0v) is 21.1. The first-order valence-corrected chi connectivity index (χ1v) is 13.1. The fourth-order valence-corrected chi connectivity index (χ4v) is 5.40. The Labute approximate surface area is 212 Å². The number of amides is 3. The number of carbonyl (C=O) groups excluding carboxylic acids is 3. The second-order valence-corrected chi connectivity index (χ2v) is 9.97. The monoisotopic (exact) mass is 498 g/mol. The number of imide groups is 1. The van der Waals surface area contributed by atoms with Gasteiger partial charge in [-0.15, -0.1) is 0 Å². The minimum absolute atomic E-state index is 0.0553. The van der Waals surface area contributed by atoms with Crippen LogP contribution in [-0.4, -0.2) is 45.7 Å². The summed E-state index contributed by atoms with van der Waals surface area (Å²) in [4.78, 5) is 52.1. The lowest BCUT2D eigenvalue weighted by molar-refractivity contribution is -0.384. The third-order valence-electron chi connectivity index (χ3n) is 7.30. The molecule has 1 aromatic carbocycles. The van der Waals surface area contributed by atoms with Crippen LogP contribution in [0, 0.1) is 16.0 Å². The Morgan fingerprint density at radius 1 is 1.06 bits per heavy atom. The standard InChI is InChI=1S/C27H38N4O5/c1-2-9-24(32)30(27(34)23(28)18-19-14-16-22(17-15-19)31(35)36)25(20-10-5-3-6-11-20)26(33)29-21-12-7-4-8-13-21/h2,9,14-17,20-21,23,25H,3-8,10-13,18,28H2,1H3,(H,29,33)/b9-2-/t23-,25?/m0/s1. The number of allylic oxidation sites excluding steroid dienone is 1. The molecule has 1 aromatic rings. The third kappa shape index (κ3) is 7.22. The summed E-state index contributed by atoms with van der Waals surface area (Å²) in [7, 11) is 0. The topological polar surface area (TPSA) is 136 Å². The maximum absolute atomic E-state index is 13.7. The van der Waals surface area contributed by atoms with Crippen LogP contribution in [0.25, 0.3) is 0 Å². The molecule has 0 radical (unpaired) electrons. The number of benzene rings is 1. The Hall–Kier alpha value is -3.07. The van der Waals surface area contributed by atoms with Crippen LogP contribution in [0.5, 0.6) is 0 Å². The molecule has 3 N–H and O–H groups in total. The molecule has 2 aliphatic carbocycles. The Morgan fingerprint density at radius 3 is 2.19 bits per heavy atom. The van der Waals surface area contributed by atoms with Gasteiger partial charge in [0, 0.05) is 18.2 Å². The highest BCUT2D eigenvalue weighted by Crippen LogP contribution is 2.31. The van der Waals surface area contributed by atoms with Gasteiger partial charge in [-0.1, -0.05) is 56.7 Å². The fourth-order valence-electron chi connectivity index (χ4n) is 5.40. The van der Waals surface area contributed by atoms with E-state index in [0.717, 1.165) is 69.1 Å². The molecule has 2 fully saturated rings. The van der Waals surface area contributed by atoms with E-state index >= 15 is 0 Å². The number of non-ortho nitro benzene ring substituents is 1. The van der Waals surface area contributed by atoms with Crippen molar-refractivity contribution >= 4 is 23.4 Å². The molecule has 3 rings (SSSR count). The van der Waals surface area contributed by atoms with Crippen molar-refractivity contribution in [2.45, 2.75) is 95.7 Å². The third-order valence-corrected chi connectivity index (χ3v) is 7.30. The Kier molecular flexibility index (Phi) is 10.2. The second-order valence-electron chi connectivity index (χ2n) is 9.97. The first-order chi connectivity index (χ1) is 17.3. The molecule has 2 aliphatic rings. The van der Waals surface area contributed by atoms with Gasteiger partial charge in [0.15, 0.2) is 0 Å². The number of nitro benzene ring substituents is 1. The molecule has 36 heavy (non-hydrogen) atoms. The predicted octanol–water partition coefficient (Wildman–Crippen LogP) is 3.79. The quantitative estimate of drug-likeness (QED) is 0.302. The van der Waals surface area contributed by atoms with E-state index in [0.29, 0.717) is 5.56 Å². The van der Waals surface area contributed by atoms with Crippen LogP contribution in [-0.2, 0) is 20.8 Å². The highest BCUT2D eigenvalue weighted by atomic mass is 16.6. The Bertz CT molecular complexity index is 949. The summed E-state index contributed by atoms with van der Waals surface area (Å²) in [5.41, 5.74) is 6.88. The highest BCUT2D eigenvalue weighted by molar-refractivity contribution is 6.06. The van der Waals surface area contributed by atoms with Gasteiger partial charge < -0.3 is 11.1 Å². The summed E-state index contributed by atoms with van der Waals surface area (Å²) in [5.74, 6) is -1.54. The van der Waals surface area contributed by atoms with Crippen LogP contribution in [0.1, 0.15) is 76.7 Å². The van der Waals surface area contributed by atoms with Crippen LogP contribution in [0.15, 0.2) is 36.4 Å². The summed E-state index contributed by atoms with van der Waals surface area (Å²) < 4.78 is 0. The predicted molar refractivity (Wildman–Crippen MR) is 137 cm³/mol. The summed E-state index contributed by atoms with van der Waals surface area (Å²) in [6.07, 6.45) is 12.5. The zero-order chi connectivity index (χ0) is 26.1. The van der Waals surface area contributed by atoms with Crippen molar-refractivity contribution in [1.29, 1.82) is 0 Å². The molecule has 0 bridgehead atoms. The van der Waals surface area contributed by atoms with E-state index < -0.39 is 28.8 Å². The van der Waals surface area contributed by atoms with Gasteiger partial charge in [0.05, 0.1) is 11.0 Å². The van der Waals surface area contributed by atoms with Crippen molar-refractivity contribution in [3.63, 3.8) is 0 Å². The van der Waals surface area contributed by atoms with Crippen molar-refractivity contribution in [1.82, 2.24) is 10.2 Å². The zero-order valence-electron chi connectivity index (χ0n) is 21.1. The van der Waals surface area contributed by atoms with Gasteiger partial charge in [-0.25, -0.2) is 0 Å². The molecule has 1 unspecified atom stereocenters. The first-order valence-electron chi connectivity index (χ1n) is 13.1. The van der Waals surface area contributed by atoms with Gasteiger partial charge in [-0.3, -0.25) is 29.4 Å². The molecule has 0 aromatic heterocycles. The molecular weight excluding hydrogens is 460 g/mol. The molecule has 0 aliphatic heterocycles. The molecule has 9 heteroatoms. The van der Waals surface area contributed by atoms with Crippen LogP contribution in [0.4, 0.5) is 5.69 Å². The molecule has 0 heterocycles. The number of hydrogen-bond acceptors (Lipinski definition) is 6. The van der Waals surface area contributed by atoms with Crippen molar-refractivity contribution in [2.24, 2.45) is 11.7 Å². The smallest absolute Gasteiger partial charge is 0.269 e. The van der Waals surface area contributed by atoms with Crippen molar-refractivity contribution < 1.29 is 19.3 Å². The van der Waals surface area contributed by atoms with Crippen LogP contribution in [0.3, 0.4) is 0 Å². The minimum atomic E-state index is -1.07. The van der Waals surface area contributed by atoms with Crippen molar-refractivity contribution in [2.75, 3.05) is 0 Å². The summed E-state index contributed by atoms with van der Waals surface area (Å²) >= 11 is 0. The maximum Gasteiger partial charge on any atom is 0.269 e. The lowest BCUT2D eigenvalue weighted by Crippen LogP contribution is -2.60. The lowest BCUT2D eigenvalue weighted by atomic mass is 9.82. The van der Waals surface area contributed by atoms with Crippen molar-refractivity contribution in [3.05, 3.63) is 52.1 Å².